The molecule has 0 atom stereocenters. The Morgan fingerprint density at radius 1 is 1.57 bits per heavy atom. The minimum Gasteiger partial charge on any atom is -0.422 e. The quantitative estimate of drug-likeness (QED) is 0.466. The van der Waals surface area contributed by atoms with E-state index in [0.29, 0.717) is 0 Å². The zero-order valence-corrected chi connectivity index (χ0v) is 6.92. The molecule has 0 aromatic heterocycles. The Morgan fingerprint density at radius 2 is 2.00 bits per heavy atom. The van der Waals surface area contributed by atoms with Crippen LogP contribution in [0.15, 0.2) is 0 Å². The molecule has 0 amide bonds. The van der Waals surface area contributed by atoms with E-state index in [2.05, 4.69) is 4.12 Å². The predicted octanol–water partition coefficient (Wildman–Crippen LogP) is -1.31. The molecular formula is C2H10O3Si2. The molecule has 0 spiro atoms. The molecule has 0 saturated heterocycles. The van der Waals surface area contributed by atoms with Crippen molar-refractivity contribution >= 4 is 18.6 Å². The van der Waals surface area contributed by atoms with Gasteiger partial charge in [-0.25, -0.2) is 0 Å². The number of rotatable bonds is 2. The van der Waals surface area contributed by atoms with E-state index in [9.17, 15) is 0 Å². The lowest BCUT2D eigenvalue weighted by molar-refractivity contribution is 0.256. The van der Waals surface area contributed by atoms with Crippen molar-refractivity contribution in [1.82, 2.24) is 0 Å². The molecular weight excluding hydrogens is 128 g/mol. The molecule has 0 saturated carbocycles. The van der Waals surface area contributed by atoms with Gasteiger partial charge in [0.2, 0.25) is 0 Å². The number of hydrogen-bond donors (Lipinski definition) is 2. The normalized spacial score (nSPS) is 13.7. The molecule has 0 rings (SSSR count). The van der Waals surface area contributed by atoms with Gasteiger partial charge in [0.15, 0.2) is 0 Å². The van der Waals surface area contributed by atoms with Gasteiger partial charge in [-0.3, -0.25) is 0 Å². The molecule has 0 heterocycles. The molecule has 44 valence electrons. The van der Waals surface area contributed by atoms with E-state index >= 15 is 0 Å². The van der Waals surface area contributed by atoms with Gasteiger partial charge in [-0.15, -0.1) is 0 Å². The van der Waals surface area contributed by atoms with Crippen LogP contribution in [0.5, 0.6) is 0 Å². The van der Waals surface area contributed by atoms with Crippen molar-refractivity contribution in [2.24, 2.45) is 0 Å². The Bertz CT molecular complexity index is 49.4. The second-order valence-electron chi connectivity index (χ2n) is 1.37. The summed E-state index contributed by atoms with van der Waals surface area (Å²) < 4.78 is 4.62. The maximum Gasteiger partial charge on any atom is 0.481 e. The molecule has 0 aromatic carbocycles. The van der Waals surface area contributed by atoms with Crippen LogP contribution in [0.25, 0.3) is 0 Å². The van der Waals surface area contributed by atoms with Crippen LogP contribution >= 0.6 is 0 Å². The highest BCUT2D eigenvalue weighted by atomic mass is 28.4. The smallest absolute Gasteiger partial charge is 0.422 e. The van der Waals surface area contributed by atoms with Crippen molar-refractivity contribution < 1.29 is 13.7 Å². The van der Waals surface area contributed by atoms with E-state index in [4.69, 9.17) is 9.59 Å². The Balaban J connectivity index is 3.15. The summed E-state index contributed by atoms with van der Waals surface area (Å²) in [6.07, 6.45) is 0. The summed E-state index contributed by atoms with van der Waals surface area (Å²) in [5.41, 5.74) is 0. The first-order chi connectivity index (χ1) is 3.06. The largest absolute Gasteiger partial charge is 0.481 e. The molecule has 0 radical (unpaired) electrons. The van der Waals surface area contributed by atoms with Crippen LogP contribution < -0.4 is 0 Å². The summed E-state index contributed by atoms with van der Waals surface area (Å²) in [5, 5.41) is 0. The average Bonchev–Trinajstić information content (AvgIpc) is 1.30. The second kappa shape index (κ2) is 2.58. The third-order valence-corrected chi connectivity index (χ3v) is 3.76. The second-order valence-corrected chi connectivity index (χ2v) is 4.97. The first-order valence-electron chi connectivity index (χ1n) is 2.15. The number of hydrogen-bond acceptors (Lipinski definition) is 3. The van der Waals surface area contributed by atoms with Crippen LogP contribution in [0.3, 0.4) is 0 Å². The van der Waals surface area contributed by atoms with Gasteiger partial charge in [0.25, 0.3) is 0 Å². The SMILES string of the molecule is C[SiH2]O[Si](C)(O)O. The van der Waals surface area contributed by atoms with Crippen LogP contribution in [0, 0.1) is 0 Å². The molecule has 0 unspecified atom stereocenters. The van der Waals surface area contributed by atoms with Crippen molar-refractivity contribution in [2.75, 3.05) is 0 Å². The van der Waals surface area contributed by atoms with Gasteiger partial charge >= 0.3 is 8.80 Å². The molecule has 7 heavy (non-hydrogen) atoms. The lowest BCUT2D eigenvalue weighted by Crippen LogP contribution is -2.35. The van der Waals surface area contributed by atoms with Crippen molar-refractivity contribution in [3.63, 3.8) is 0 Å². The summed E-state index contributed by atoms with van der Waals surface area (Å²) in [7, 11) is -3.72. The standard InChI is InChI=1S/C2H10O3Si2/c1-6-5-7(2,3)4/h3-4H,6H2,1-2H3. The van der Waals surface area contributed by atoms with E-state index < -0.39 is 18.6 Å². The van der Waals surface area contributed by atoms with Crippen LogP contribution in [-0.4, -0.2) is 28.2 Å². The topological polar surface area (TPSA) is 49.7 Å². The maximum atomic E-state index is 8.52. The van der Waals surface area contributed by atoms with Gasteiger partial charge in [0, 0.05) is 6.55 Å². The first kappa shape index (κ1) is 7.31. The highest BCUT2D eigenvalue weighted by Crippen LogP contribution is 1.88. The molecule has 5 heteroatoms. The van der Waals surface area contributed by atoms with Gasteiger partial charge < -0.3 is 13.7 Å². The molecule has 0 bridgehead atoms. The molecule has 0 fully saturated rings. The minimum absolute atomic E-state index is 0.628. The maximum absolute atomic E-state index is 8.52. The summed E-state index contributed by atoms with van der Waals surface area (Å²) in [6.45, 7) is 3.20. The van der Waals surface area contributed by atoms with E-state index in [0.717, 1.165) is 0 Å². The van der Waals surface area contributed by atoms with Crippen molar-refractivity contribution in [2.45, 2.75) is 13.1 Å². The van der Waals surface area contributed by atoms with Gasteiger partial charge in [-0.2, -0.15) is 0 Å². The van der Waals surface area contributed by atoms with Crippen molar-refractivity contribution in [3.05, 3.63) is 0 Å². The summed E-state index contributed by atoms with van der Waals surface area (Å²) in [6, 6.07) is 0. The predicted molar refractivity (Wildman–Crippen MR) is 31.5 cm³/mol. The Labute approximate surface area is 46.3 Å². The Hall–Kier alpha value is 0.314. The monoisotopic (exact) mass is 138 g/mol. The first-order valence-corrected chi connectivity index (χ1v) is 6.44. The lowest BCUT2D eigenvalue weighted by Gasteiger charge is -2.09. The van der Waals surface area contributed by atoms with Crippen LogP contribution in [0.2, 0.25) is 13.1 Å². The van der Waals surface area contributed by atoms with Gasteiger partial charge in [0.1, 0.15) is 9.76 Å². The third-order valence-electron chi connectivity index (χ3n) is 0.418. The summed E-state index contributed by atoms with van der Waals surface area (Å²) in [4.78, 5) is 17.0. The van der Waals surface area contributed by atoms with E-state index in [1.165, 1.54) is 6.55 Å². The molecule has 0 aliphatic carbocycles. The van der Waals surface area contributed by atoms with Crippen LogP contribution in [0.4, 0.5) is 0 Å². The zero-order chi connectivity index (χ0) is 5.91. The zero-order valence-electron chi connectivity index (χ0n) is 4.51. The van der Waals surface area contributed by atoms with E-state index in [-0.39, 0.29) is 0 Å². The van der Waals surface area contributed by atoms with Crippen LogP contribution in [-0.2, 0) is 4.12 Å². The van der Waals surface area contributed by atoms with Gasteiger partial charge in [-0.05, 0) is 0 Å². The van der Waals surface area contributed by atoms with Gasteiger partial charge in [0.05, 0.1) is 0 Å². The Morgan fingerprint density at radius 3 is 2.00 bits per heavy atom. The van der Waals surface area contributed by atoms with Gasteiger partial charge in [-0.1, -0.05) is 6.55 Å². The minimum atomic E-state index is -3.10. The van der Waals surface area contributed by atoms with Crippen molar-refractivity contribution in [3.8, 4) is 0 Å². The molecule has 0 aromatic rings. The fourth-order valence-corrected chi connectivity index (χ4v) is 2.46. The summed E-state index contributed by atoms with van der Waals surface area (Å²) >= 11 is 0. The fourth-order valence-electron chi connectivity index (χ4n) is 0.273. The average molecular weight is 138 g/mol. The highest BCUT2D eigenvalue weighted by Gasteiger charge is 2.21. The van der Waals surface area contributed by atoms with Crippen molar-refractivity contribution in [1.29, 1.82) is 0 Å². The molecule has 3 nitrogen and oxygen atoms in total. The molecule has 2 N–H and O–H groups in total. The molecule has 0 aliphatic heterocycles. The van der Waals surface area contributed by atoms with Crippen LogP contribution in [0.1, 0.15) is 0 Å². The summed E-state index contributed by atoms with van der Waals surface area (Å²) in [5.74, 6) is 0. The highest BCUT2D eigenvalue weighted by molar-refractivity contribution is 6.61. The van der Waals surface area contributed by atoms with E-state index in [1.807, 2.05) is 6.55 Å². The Kier molecular flexibility index (Phi) is 2.69. The lowest BCUT2D eigenvalue weighted by atomic mass is 11.9. The third kappa shape index (κ3) is 6.31. The fraction of sp³-hybridized carbons (Fsp3) is 1.00. The molecule has 0 aliphatic rings. The van der Waals surface area contributed by atoms with E-state index in [1.54, 1.807) is 0 Å².